The molecule has 1 aromatic rings. The van der Waals surface area contributed by atoms with Gasteiger partial charge in [0.05, 0.1) is 0 Å². The number of nitriles is 1. The quantitative estimate of drug-likeness (QED) is 0.703. The van der Waals surface area contributed by atoms with Gasteiger partial charge in [-0.1, -0.05) is 0 Å². The molecule has 0 saturated carbocycles. The molecule has 0 aliphatic rings. The SMILES string of the molecule is CN(C)CCSc1ccc(C#N)nc1. The number of aromatic nitrogens is 1. The fraction of sp³-hybridized carbons (Fsp3) is 0.400. The van der Waals surface area contributed by atoms with Crippen LogP contribution in [0.4, 0.5) is 0 Å². The molecular weight excluding hydrogens is 194 g/mol. The Hall–Kier alpha value is -1.05. The molecule has 0 fully saturated rings. The van der Waals surface area contributed by atoms with Crippen molar-refractivity contribution in [3.8, 4) is 6.07 Å². The second kappa shape index (κ2) is 5.63. The molecule has 0 bridgehead atoms. The molecule has 0 N–H and O–H groups in total. The molecule has 74 valence electrons. The summed E-state index contributed by atoms with van der Waals surface area (Å²) in [5.74, 6) is 1.04. The van der Waals surface area contributed by atoms with E-state index < -0.39 is 0 Å². The first-order valence-electron chi connectivity index (χ1n) is 4.36. The van der Waals surface area contributed by atoms with E-state index in [1.807, 2.05) is 12.1 Å². The van der Waals surface area contributed by atoms with E-state index in [2.05, 4.69) is 24.0 Å². The minimum absolute atomic E-state index is 0.474. The van der Waals surface area contributed by atoms with E-state index in [4.69, 9.17) is 5.26 Å². The topological polar surface area (TPSA) is 39.9 Å². The number of rotatable bonds is 4. The number of nitrogens with zero attached hydrogens (tertiary/aromatic N) is 3. The van der Waals surface area contributed by atoms with Gasteiger partial charge in [-0.2, -0.15) is 5.26 Å². The van der Waals surface area contributed by atoms with Gasteiger partial charge in [-0.05, 0) is 26.2 Å². The molecular formula is C10H13N3S. The summed E-state index contributed by atoms with van der Waals surface area (Å²) in [6, 6.07) is 5.68. The molecule has 0 unspecified atom stereocenters. The zero-order valence-electron chi connectivity index (χ0n) is 8.40. The summed E-state index contributed by atoms with van der Waals surface area (Å²) in [6.07, 6.45) is 1.75. The number of hydrogen-bond donors (Lipinski definition) is 0. The smallest absolute Gasteiger partial charge is 0.140 e. The maximum Gasteiger partial charge on any atom is 0.140 e. The highest BCUT2D eigenvalue weighted by Crippen LogP contribution is 2.16. The second-order valence-corrected chi connectivity index (χ2v) is 4.31. The minimum Gasteiger partial charge on any atom is -0.309 e. The Morgan fingerprint density at radius 3 is 2.79 bits per heavy atom. The fourth-order valence-corrected chi connectivity index (χ4v) is 1.86. The molecule has 0 atom stereocenters. The average Bonchev–Trinajstić information content (AvgIpc) is 2.18. The maximum atomic E-state index is 8.55. The van der Waals surface area contributed by atoms with Crippen molar-refractivity contribution in [1.29, 1.82) is 5.26 Å². The van der Waals surface area contributed by atoms with E-state index in [1.165, 1.54) is 0 Å². The number of hydrogen-bond acceptors (Lipinski definition) is 4. The highest BCUT2D eigenvalue weighted by molar-refractivity contribution is 7.99. The lowest BCUT2D eigenvalue weighted by Gasteiger charge is -2.08. The van der Waals surface area contributed by atoms with E-state index in [-0.39, 0.29) is 0 Å². The van der Waals surface area contributed by atoms with Gasteiger partial charge in [0.15, 0.2) is 0 Å². The normalized spacial score (nSPS) is 10.1. The van der Waals surface area contributed by atoms with Crippen molar-refractivity contribution >= 4 is 11.8 Å². The van der Waals surface area contributed by atoms with Gasteiger partial charge in [-0.15, -0.1) is 11.8 Å². The molecule has 0 aromatic carbocycles. The summed E-state index contributed by atoms with van der Waals surface area (Å²) in [5, 5.41) is 8.55. The Bertz CT molecular complexity index is 313. The summed E-state index contributed by atoms with van der Waals surface area (Å²) in [4.78, 5) is 7.26. The average molecular weight is 207 g/mol. The molecule has 1 aromatic heterocycles. The molecule has 0 saturated heterocycles. The van der Waals surface area contributed by atoms with Crippen molar-refractivity contribution in [2.24, 2.45) is 0 Å². The molecule has 14 heavy (non-hydrogen) atoms. The summed E-state index contributed by atoms with van der Waals surface area (Å²) in [6.45, 7) is 1.05. The Morgan fingerprint density at radius 2 is 2.29 bits per heavy atom. The van der Waals surface area contributed by atoms with Crippen LogP contribution < -0.4 is 0 Å². The van der Waals surface area contributed by atoms with Gasteiger partial charge in [0.2, 0.25) is 0 Å². The van der Waals surface area contributed by atoms with Crippen LogP contribution in [0.1, 0.15) is 5.69 Å². The highest BCUT2D eigenvalue weighted by atomic mass is 32.2. The lowest BCUT2D eigenvalue weighted by Crippen LogP contribution is -2.14. The van der Waals surface area contributed by atoms with Gasteiger partial charge in [0, 0.05) is 23.4 Å². The van der Waals surface area contributed by atoms with Gasteiger partial charge < -0.3 is 4.90 Å². The summed E-state index contributed by atoms with van der Waals surface area (Å²) < 4.78 is 0. The van der Waals surface area contributed by atoms with Gasteiger partial charge in [-0.3, -0.25) is 0 Å². The second-order valence-electron chi connectivity index (χ2n) is 3.14. The monoisotopic (exact) mass is 207 g/mol. The van der Waals surface area contributed by atoms with Crippen LogP contribution in [0.3, 0.4) is 0 Å². The van der Waals surface area contributed by atoms with E-state index in [1.54, 1.807) is 24.0 Å². The van der Waals surface area contributed by atoms with Crippen LogP contribution in [0.5, 0.6) is 0 Å². The standard InChI is InChI=1S/C10H13N3S/c1-13(2)5-6-14-10-4-3-9(7-11)12-8-10/h3-4,8H,5-6H2,1-2H3. The van der Waals surface area contributed by atoms with Gasteiger partial charge in [0.1, 0.15) is 11.8 Å². The predicted molar refractivity (Wildman–Crippen MR) is 58.2 cm³/mol. The van der Waals surface area contributed by atoms with E-state index in [9.17, 15) is 0 Å². The molecule has 3 nitrogen and oxygen atoms in total. The Labute approximate surface area is 88.8 Å². The Kier molecular flexibility index (Phi) is 4.44. The third-order valence-electron chi connectivity index (χ3n) is 1.66. The predicted octanol–water partition coefficient (Wildman–Crippen LogP) is 1.61. The maximum absolute atomic E-state index is 8.55. The lowest BCUT2D eigenvalue weighted by molar-refractivity contribution is 0.437. The van der Waals surface area contributed by atoms with E-state index in [0.29, 0.717) is 5.69 Å². The Morgan fingerprint density at radius 1 is 1.50 bits per heavy atom. The zero-order chi connectivity index (χ0) is 10.4. The molecule has 0 aliphatic heterocycles. The molecule has 0 amide bonds. The van der Waals surface area contributed by atoms with E-state index in [0.717, 1.165) is 17.2 Å². The number of pyridine rings is 1. The van der Waals surface area contributed by atoms with Crippen LogP contribution in [0.2, 0.25) is 0 Å². The molecule has 0 aliphatic carbocycles. The summed E-state index contributed by atoms with van der Waals surface area (Å²) >= 11 is 1.75. The van der Waals surface area contributed by atoms with Crippen molar-refractivity contribution in [3.63, 3.8) is 0 Å². The van der Waals surface area contributed by atoms with Gasteiger partial charge >= 0.3 is 0 Å². The molecule has 1 heterocycles. The third kappa shape index (κ3) is 3.77. The van der Waals surface area contributed by atoms with Crippen LogP contribution in [0.15, 0.2) is 23.2 Å². The van der Waals surface area contributed by atoms with Crippen molar-refractivity contribution < 1.29 is 0 Å². The van der Waals surface area contributed by atoms with Crippen molar-refractivity contribution in [2.75, 3.05) is 26.4 Å². The number of thioether (sulfide) groups is 1. The molecule has 4 heteroatoms. The van der Waals surface area contributed by atoms with Crippen molar-refractivity contribution in [1.82, 2.24) is 9.88 Å². The largest absolute Gasteiger partial charge is 0.309 e. The summed E-state index contributed by atoms with van der Waals surface area (Å²) in [5.41, 5.74) is 0.474. The first-order chi connectivity index (χ1) is 6.72. The summed E-state index contributed by atoms with van der Waals surface area (Å²) in [7, 11) is 4.11. The van der Waals surface area contributed by atoms with Crippen LogP contribution in [0, 0.1) is 11.3 Å². The molecule has 0 radical (unpaired) electrons. The van der Waals surface area contributed by atoms with Crippen molar-refractivity contribution in [3.05, 3.63) is 24.0 Å². The van der Waals surface area contributed by atoms with Crippen molar-refractivity contribution in [2.45, 2.75) is 4.90 Å². The minimum atomic E-state index is 0.474. The van der Waals surface area contributed by atoms with E-state index >= 15 is 0 Å². The molecule has 0 spiro atoms. The lowest BCUT2D eigenvalue weighted by atomic mass is 10.4. The third-order valence-corrected chi connectivity index (χ3v) is 2.62. The van der Waals surface area contributed by atoms with Crippen LogP contribution in [-0.4, -0.2) is 36.3 Å². The first kappa shape index (κ1) is 11.0. The Balaban J connectivity index is 2.41. The highest BCUT2D eigenvalue weighted by Gasteiger charge is 1.96. The van der Waals surface area contributed by atoms with Gasteiger partial charge in [-0.25, -0.2) is 4.98 Å². The van der Waals surface area contributed by atoms with Gasteiger partial charge in [0.25, 0.3) is 0 Å². The molecule has 1 rings (SSSR count). The van der Waals surface area contributed by atoms with Crippen LogP contribution >= 0.6 is 11.8 Å². The zero-order valence-corrected chi connectivity index (χ0v) is 9.21. The van der Waals surface area contributed by atoms with Crippen LogP contribution in [-0.2, 0) is 0 Å². The fourth-order valence-electron chi connectivity index (χ4n) is 0.878. The van der Waals surface area contributed by atoms with Crippen LogP contribution in [0.25, 0.3) is 0 Å². The first-order valence-corrected chi connectivity index (χ1v) is 5.34.